The molecule has 2 aliphatic heterocycles. The summed E-state index contributed by atoms with van der Waals surface area (Å²) in [6.45, 7) is 9.73. The van der Waals surface area contributed by atoms with Crippen molar-refractivity contribution in [1.82, 2.24) is 14.8 Å². The van der Waals surface area contributed by atoms with Crippen molar-refractivity contribution in [3.8, 4) is 5.88 Å². The molecule has 29 heavy (non-hydrogen) atoms. The van der Waals surface area contributed by atoms with Crippen LogP contribution in [0.15, 0.2) is 23.3 Å². The quantitative estimate of drug-likeness (QED) is 0.600. The molecule has 1 atom stereocenters. The Bertz CT molecular complexity index is 720. The van der Waals surface area contributed by atoms with Crippen LogP contribution in [0.2, 0.25) is 0 Å². The molecule has 3 rings (SSSR count). The number of hydrogen-bond acceptors (Lipinski definition) is 6. The highest BCUT2D eigenvalue weighted by molar-refractivity contribution is 5.78. The predicted molar refractivity (Wildman–Crippen MR) is 109 cm³/mol. The number of carbonyl (C=O) groups is 1. The summed E-state index contributed by atoms with van der Waals surface area (Å²) in [5.74, 6) is 1.05. The van der Waals surface area contributed by atoms with Crippen molar-refractivity contribution in [3.05, 3.63) is 23.9 Å². The molecule has 2 N–H and O–H groups in total. The Morgan fingerprint density at radius 3 is 2.69 bits per heavy atom. The number of aromatic nitrogens is 1. The first-order valence-corrected chi connectivity index (χ1v) is 10.0. The van der Waals surface area contributed by atoms with E-state index in [2.05, 4.69) is 9.98 Å². The number of carbonyl (C=O) groups excluding carboxylic acids is 1. The van der Waals surface area contributed by atoms with Crippen LogP contribution in [0.3, 0.4) is 0 Å². The van der Waals surface area contributed by atoms with Gasteiger partial charge in [-0.2, -0.15) is 0 Å². The van der Waals surface area contributed by atoms with Gasteiger partial charge in [0.2, 0.25) is 5.88 Å². The third kappa shape index (κ3) is 6.49. The Hall–Kier alpha value is -2.55. The fourth-order valence-electron chi connectivity index (χ4n) is 3.11. The molecular formula is C20H31N5O4. The maximum absolute atomic E-state index is 12.2. The van der Waals surface area contributed by atoms with E-state index in [4.69, 9.17) is 19.9 Å². The van der Waals surface area contributed by atoms with Crippen LogP contribution in [0.1, 0.15) is 32.8 Å². The number of rotatable bonds is 4. The third-order valence-electron chi connectivity index (χ3n) is 4.65. The van der Waals surface area contributed by atoms with Gasteiger partial charge in [0.25, 0.3) is 0 Å². The second-order valence-electron chi connectivity index (χ2n) is 8.23. The Labute approximate surface area is 171 Å². The molecule has 160 valence electrons. The number of nitrogens with two attached hydrogens (primary N) is 1. The number of aliphatic imine (C=N–C) groups is 1. The van der Waals surface area contributed by atoms with Gasteiger partial charge in [0.05, 0.1) is 19.8 Å². The number of ether oxygens (including phenoxy) is 3. The van der Waals surface area contributed by atoms with Gasteiger partial charge in [-0.15, -0.1) is 0 Å². The average molecular weight is 405 g/mol. The Morgan fingerprint density at radius 2 is 2.03 bits per heavy atom. The van der Waals surface area contributed by atoms with Crippen LogP contribution in [0.5, 0.6) is 5.88 Å². The van der Waals surface area contributed by atoms with E-state index in [9.17, 15) is 4.79 Å². The lowest BCUT2D eigenvalue weighted by Gasteiger charge is -2.36. The second-order valence-corrected chi connectivity index (χ2v) is 8.23. The zero-order chi connectivity index (χ0) is 20.9. The van der Waals surface area contributed by atoms with Crippen LogP contribution in [-0.4, -0.2) is 77.9 Å². The molecule has 2 aliphatic rings. The first-order valence-electron chi connectivity index (χ1n) is 10.0. The molecule has 9 heteroatoms. The zero-order valence-electron chi connectivity index (χ0n) is 17.5. The summed E-state index contributed by atoms with van der Waals surface area (Å²) in [5.41, 5.74) is 6.65. The van der Waals surface area contributed by atoms with E-state index in [1.54, 1.807) is 11.1 Å². The molecular weight excluding hydrogens is 374 g/mol. The van der Waals surface area contributed by atoms with Gasteiger partial charge >= 0.3 is 6.09 Å². The minimum Gasteiger partial charge on any atom is -0.472 e. The highest BCUT2D eigenvalue weighted by Gasteiger charge is 2.26. The summed E-state index contributed by atoms with van der Waals surface area (Å²) in [7, 11) is 0. The van der Waals surface area contributed by atoms with Crippen molar-refractivity contribution in [2.75, 3.05) is 39.4 Å². The van der Waals surface area contributed by atoms with E-state index < -0.39 is 5.60 Å². The summed E-state index contributed by atoms with van der Waals surface area (Å²) < 4.78 is 16.6. The van der Waals surface area contributed by atoms with Crippen LogP contribution >= 0.6 is 0 Å². The van der Waals surface area contributed by atoms with E-state index in [1.807, 2.05) is 37.8 Å². The van der Waals surface area contributed by atoms with Crippen molar-refractivity contribution in [3.63, 3.8) is 0 Å². The molecule has 1 aromatic rings. The molecule has 2 fully saturated rings. The molecule has 0 bridgehead atoms. The number of nitrogens with zero attached hydrogens (tertiary/aromatic N) is 4. The molecule has 2 saturated heterocycles. The maximum atomic E-state index is 12.2. The molecule has 0 spiro atoms. The Kier molecular flexibility index (Phi) is 6.79. The molecule has 0 aromatic carbocycles. The normalized spacial score (nSPS) is 20.7. The SMILES string of the molecule is CC(C)(C)OC(=O)N1CCN(C(N)=NCc2ccnc(OC3CCOC3)c2)CC1. The molecule has 1 unspecified atom stereocenters. The molecule has 0 aliphatic carbocycles. The molecule has 1 amide bonds. The summed E-state index contributed by atoms with van der Waals surface area (Å²) in [6, 6.07) is 3.78. The number of hydrogen-bond donors (Lipinski definition) is 1. The minimum atomic E-state index is -0.493. The van der Waals surface area contributed by atoms with Crippen molar-refractivity contribution in [2.45, 2.75) is 45.4 Å². The van der Waals surface area contributed by atoms with Gasteiger partial charge in [0.15, 0.2) is 5.96 Å². The van der Waals surface area contributed by atoms with E-state index in [1.165, 1.54) is 0 Å². The van der Waals surface area contributed by atoms with Gasteiger partial charge in [-0.25, -0.2) is 14.8 Å². The highest BCUT2D eigenvalue weighted by Crippen LogP contribution is 2.16. The monoisotopic (exact) mass is 405 g/mol. The van der Waals surface area contributed by atoms with Gasteiger partial charge in [-0.05, 0) is 32.4 Å². The topological polar surface area (TPSA) is 103 Å². The summed E-state index contributed by atoms with van der Waals surface area (Å²) >= 11 is 0. The second kappa shape index (κ2) is 9.30. The number of piperazine rings is 1. The van der Waals surface area contributed by atoms with Crippen LogP contribution in [0.25, 0.3) is 0 Å². The molecule has 3 heterocycles. The third-order valence-corrected chi connectivity index (χ3v) is 4.65. The minimum absolute atomic E-state index is 0.0626. The van der Waals surface area contributed by atoms with E-state index in [-0.39, 0.29) is 12.2 Å². The maximum Gasteiger partial charge on any atom is 0.410 e. The lowest BCUT2D eigenvalue weighted by Crippen LogP contribution is -2.53. The lowest BCUT2D eigenvalue weighted by molar-refractivity contribution is 0.0186. The molecule has 9 nitrogen and oxygen atoms in total. The van der Waals surface area contributed by atoms with Crippen molar-refractivity contribution in [2.24, 2.45) is 10.7 Å². The van der Waals surface area contributed by atoms with Crippen molar-refractivity contribution in [1.29, 1.82) is 0 Å². The first kappa shape index (κ1) is 21.2. The predicted octanol–water partition coefficient (Wildman–Crippen LogP) is 1.62. The van der Waals surface area contributed by atoms with Crippen LogP contribution in [0.4, 0.5) is 4.79 Å². The van der Waals surface area contributed by atoms with E-state index >= 15 is 0 Å². The van der Waals surface area contributed by atoms with Gasteiger partial charge in [-0.1, -0.05) is 0 Å². The van der Waals surface area contributed by atoms with Gasteiger partial charge in [0.1, 0.15) is 11.7 Å². The zero-order valence-corrected chi connectivity index (χ0v) is 17.5. The Morgan fingerprint density at radius 1 is 1.31 bits per heavy atom. The summed E-state index contributed by atoms with van der Waals surface area (Å²) in [5, 5.41) is 0. The number of pyridine rings is 1. The van der Waals surface area contributed by atoms with Gasteiger partial charge in [-0.3, -0.25) is 0 Å². The fraction of sp³-hybridized carbons (Fsp3) is 0.650. The average Bonchev–Trinajstić information content (AvgIpc) is 3.18. The van der Waals surface area contributed by atoms with Gasteiger partial charge in [0, 0.05) is 44.9 Å². The largest absolute Gasteiger partial charge is 0.472 e. The lowest BCUT2D eigenvalue weighted by atomic mass is 10.2. The summed E-state index contributed by atoms with van der Waals surface area (Å²) in [6.07, 6.45) is 2.37. The van der Waals surface area contributed by atoms with Crippen LogP contribution < -0.4 is 10.5 Å². The van der Waals surface area contributed by atoms with E-state index in [0.29, 0.717) is 51.2 Å². The van der Waals surface area contributed by atoms with Crippen LogP contribution in [-0.2, 0) is 16.0 Å². The fourth-order valence-corrected chi connectivity index (χ4v) is 3.11. The Balaban J connectivity index is 1.48. The van der Waals surface area contributed by atoms with E-state index in [0.717, 1.165) is 18.6 Å². The number of amides is 1. The van der Waals surface area contributed by atoms with Crippen molar-refractivity contribution >= 4 is 12.1 Å². The van der Waals surface area contributed by atoms with Crippen LogP contribution in [0, 0.1) is 0 Å². The summed E-state index contributed by atoms with van der Waals surface area (Å²) in [4.78, 5) is 24.6. The smallest absolute Gasteiger partial charge is 0.410 e. The van der Waals surface area contributed by atoms with Gasteiger partial charge < -0.3 is 29.7 Å². The van der Waals surface area contributed by atoms with Crippen molar-refractivity contribution < 1.29 is 19.0 Å². The molecule has 0 saturated carbocycles. The number of guanidine groups is 1. The standard InChI is InChI=1S/C20H31N5O4/c1-20(2,3)29-19(26)25-9-7-24(8-10-25)18(21)23-13-15-4-6-22-17(12-15)28-16-5-11-27-14-16/h4,6,12,16H,5,7-11,13-14H2,1-3H3,(H2,21,23). The molecule has 1 aromatic heterocycles. The highest BCUT2D eigenvalue weighted by atomic mass is 16.6. The first-order chi connectivity index (χ1) is 13.8. The molecule has 0 radical (unpaired) electrons.